The first kappa shape index (κ1) is 18.2. The van der Waals surface area contributed by atoms with Gasteiger partial charge in [0, 0.05) is 10.6 Å². The van der Waals surface area contributed by atoms with E-state index in [2.05, 4.69) is 10.6 Å². The van der Waals surface area contributed by atoms with Gasteiger partial charge in [0.05, 0.1) is 10.6 Å². The van der Waals surface area contributed by atoms with Crippen LogP contribution < -0.4 is 15.4 Å². The molecule has 1 aliphatic rings. The van der Waals surface area contributed by atoms with E-state index in [0.717, 1.165) is 16.0 Å². The predicted molar refractivity (Wildman–Crippen MR) is 108 cm³/mol. The molecular formula is C21H17FN2O3S. The first-order chi connectivity index (χ1) is 13.4. The zero-order chi connectivity index (χ0) is 19.8. The number of anilines is 2. The minimum absolute atomic E-state index is 0.228. The van der Waals surface area contributed by atoms with Crippen LogP contribution in [0.4, 0.5) is 15.8 Å². The molecule has 142 valence electrons. The van der Waals surface area contributed by atoms with Crippen LogP contribution in [-0.2, 0) is 4.79 Å². The van der Waals surface area contributed by atoms with Gasteiger partial charge in [-0.2, -0.15) is 0 Å². The number of hydrogen-bond donors (Lipinski definition) is 2. The summed E-state index contributed by atoms with van der Waals surface area (Å²) in [4.78, 5) is 25.9. The summed E-state index contributed by atoms with van der Waals surface area (Å²) in [6.45, 7) is 3.60. The lowest BCUT2D eigenvalue weighted by Gasteiger charge is -2.23. The number of halogens is 1. The number of rotatable bonds is 3. The highest BCUT2D eigenvalue weighted by Crippen LogP contribution is 2.34. The van der Waals surface area contributed by atoms with Crippen LogP contribution in [0.1, 0.15) is 21.5 Å². The van der Waals surface area contributed by atoms with E-state index in [9.17, 15) is 14.0 Å². The molecule has 0 fully saturated rings. The molecule has 0 aliphatic carbocycles. The SMILES string of the molecule is Cc1sc(C(=O)Nc2ccc3c(c2)NC(=O)[C@H](C)O3)cc1-c1ccc(F)cc1. The van der Waals surface area contributed by atoms with Crippen molar-refractivity contribution in [3.05, 3.63) is 64.1 Å². The van der Waals surface area contributed by atoms with E-state index in [-0.39, 0.29) is 17.6 Å². The van der Waals surface area contributed by atoms with Crippen molar-refractivity contribution in [3.63, 3.8) is 0 Å². The van der Waals surface area contributed by atoms with Gasteiger partial charge in [0.1, 0.15) is 11.6 Å². The molecule has 2 amide bonds. The van der Waals surface area contributed by atoms with Gasteiger partial charge in [0.2, 0.25) is 0 Å². The van der Waals surface area contributed by atoms with E-state index in [0.29, 0.717) is 22.0 Å². The van der Waals surface area contributed by atoms with Gasteiger partial charge in [0.25, 0.3) is 11.8 Å². The Balaban J connectivity index is 1.55. The third-order valence-electron chi connectivity index (χ3n) is 4.47. The molecule has 2 N–H and O–H groups in total. The maximum atomic E-state index is 13.1. The number of thiophene rings is 1. The number of carbonyl (C=O) groups is 2. The maximum Gasteiger partial charge on any atom is 0.265 e. The third kappa shape index (κ3) is 3.48. The molecule has 2 heterocycles. The first-order valence-corrected chi connectivity index (χ1v) is 9.51. The molecule has 0 radical (unpaired) electrons. The highest BCUT2D eigenvalue weighted by molar-refractivity contribution is 7.14. The number of benzene rings is 2. The van der Waals surface area contributed by atoms with Crippen molar-refractivity contribution in [1.82, 2.24) is 0 Å². The van der Waals surface area contributed by atoms with Gasteiger partial charge in [-0.05, 0) is 61.4 Å². The third-order valence-corrected chi connectivity index (χ3v) is 5.51. The molecule has 5 nitrogen and oxygen atoms in total. The number of ether oxygens (including phenoxy) is 1. The van der Waals surface area contributed by atoms with Gasteiger partial charge in [-0.25, -0.2) is 4.39 Å². The number of amides is 2. The van der Waals surface area contributed by atoms with Crippen LogP contribution in [-0.4, -0.2) is 17.9 Å². The second-order valence-corrected chi connectivity index (χ2v) is 7.76. The van der Waals surface area contributed by atoms with E-state index >= 15 is 0 Å². The molecule has 0 spiro atoms. The highest BCUT2D eigenvalue weighted by Gasteiger charge is 2.24. The summed E-state index contributed by atoms with van der Waals surface area (Å²) in [5, 5.41) is 5.60. The Bertz CT molecular complexity index is 1080. The Kier molecular flexibility index (Phi) is 4.60. The van der Waals surface area contributed by atoms with E-state index in [1.54, 1.807) is 43.3 Å². The molecule has 0 saturated carbocycles. The minimum Gasteiger partial charge on any atom is -0.479 e. The maximum absolute atomic E-state index is 13.1. The molecule has 2 aromatic carbocycles. The van der Waals surface area contributed by atoms with Crippen LogP contribution in [0.15, 0.2) is 48.5 Å². The lowest BCUT2D eigenvalue weighted by molar-refractivity contribution is -0.122. The second kappa shape index (κ2) is 7.09. The average Bonchev–Trinajstić information content (AvgIpc) is 3.05. The van der Waals surface area contributed by atoms with Crippen LogP contribution in [0.25, 0.3) is 11.1 Å². The summed E-state index contributed by atoms with van der Waals surface area (Å²) >= 11 is 1.37. The van der Waals surface area contributed by atoms with Crippen LogP contribution in [0, 0.1) is 12.7 Å². The van der Waals surface area contributed by atoms with E-state index in [1.807, 2.05) is 6.92 Å². The van der Waals surface area contributed by atoms with Crippen LogP contribution in [0.3, 0.4) is 0 Å². The smallest absolute Gasteiger partial charge is 0.265 e. The Morgan fingerprint density at radius 2 is 1.93 bits per heavy atom. The number of aryl methyl sites for hydroxylation is 1. The van der Waals surface area contributed by atoms with Gasteiger partial charge in [-0.15, -0.1) is 11.3 Å². The lowest BCUT2D eigenvalue weighted by atomic mass is 10.1. The number of fused-ring (bicyclic) bond motifs is 1. The summed E-state index contributed by atoms with van der Waals surface area (Å²) in [6, 6.07) is 13.1. The largest absolute Gasteiger partial charge is 0.479 e. The highest BCUT2D eigenvalue weighted by atomic mass is 32.1. The molecule has 1 aromatic heterocycles. The van der Waals surface area contributed by atoms with Crippen molar-refractivity contribution in [3.8, 4) is 16.9 Å². The monoisotopic (exact) mass is 396 g/mol. The number of carbonyl (C=O) groups excluding carboxylic acids is 2. The molecule has 0 unspecified atom stereocenters. The van der Waals surface area contributed by atoms with Gasteiger partial charge in [-0.3, -0.25) is 9.59 Å². The Hall–Kier alpha value is -3.19. The van der Waals surface area contributed by atoms with Crippen molar-refractivity contribution in [2.75, 3.05) is 10.6 Å². The van der Waals surface area contributed by atoms with Crippen molar-refractivity contribution in [2.24, 2.45) is 0 Å². The molecular weight excluding hydrogens is 379 g/mol. The van der Waals surface area contributed by atoms with Crippen LogP contribution in [0.5, 0.6) is 5.75 Å². The molecule has 4 rings (SSSR count). The van der Waals surface area contributed by atoms with Crippen molar-refractivity contribution >= 4 is 34.5 Å². The molecule has 1 aliphatic heterocycles. The van der Waals surface area contributed by atoms with Crippen LogP contribution in [0.2, 0.25) is 0 Å². The molecule has 0 saturated heterocycles. The fraction of sp³-hybridized carbons (Fsp3) is 0.143. The standard InChI is InChI=1S/C21H17FN2O3S/c1-11-20(25)24-17-9-15(7-8-18(17)27-11)23-21(26)19-10-16(12(2)28-19)13-3-5-14(22)6-4-13/h3-11H,1-2H3,(H,23,26)(H,24,25)/t11-/m0/s1. The number of nitrogens with one attached hydrogen (secondary N) is 2. The van der Waals surface area contributed by atoms with Gasteiger partial charge in [-0.1, -0.05) is 12.1 Å². The van der Waals surface area contributed by atoms with E-state index in [4.69, 9.17) is 4.74 Å². The van der Waals surface area contributed by atoms with Crippen molar-refractivity contribution < 1.29 is 18.7 Å². The van der Waals surface area contributed by atoms with Gasteiger partial charge >= 0.3 is 0 Å². The summed E-state index contributed by atoms with van der Waals surface area (Å²) < 4.78 is 18.7. The summed E-state index contributed by atoms with van der Waals surface area (Å²) in [7, 11) is 0. The summed E-state index contributed by atoms with van der Waals surface area (Å²) in [5.41, 5.74) is 2.83. The molecule has 0 bridgehead atoms. The Morgan fingerprint density at radius 1 is 1.18 bits per heavy atom. The van der Waals surface area contributed by atoms with E-state index < -0.39 is 6.10 Å². The minimum atomic E-state index is -0.549. The first-order valence-electron chi connectivity index (χ1n) is 8.70. The van der Waals surface area contributed by atoms with Crippen molar-refractivity contribution in [1.29, 1.82) is 0 Å². The predicted octanol–water partition coefficient (Wildman–Crippen LogP) is 4.83. The molecule has 28 heavy (non-hydrogen) atoms. The number of hydrogen-bond acceptors (Lipinski definition) is 4. The van der Waals surface area contributed by atoms with Crippen LogP contribution >= 0.6 is 11.3 Å². The molecule has 1 atom stereocenters. The fourth-order valence-corrected chi connectivity index (χ4v) is 3.93. The normalized spacial score (nSPS) is 15.4. The zero-order valence-electron chi connectivity index (χ0n) is 15.2. The Morgan fingerprint density at radius 3 is 2.68 bits per heavy atom. The van der Waals surface area contributed by atoms with Gasteiger partial charge < -0.3 is 15.4 Å². The molecule has 7 heteroatoms. The second-order valence-electron chi connectivity index (χ2n) is 6.50. The summed E-state index contributed by atoms with van der Waals surface area (Å²) in [6.07, 6.45) is -0.549. The molecule has 3 aromatic rings. The Labute approximate surface area is 165 Å². The zero-order valence-corrected chi connectivity index (χ0v) is 16.0. The topological polar surface area (TPSA) is 67.4 Å². The quantitative estimate of drug-likeness (QED) is 0.666. The van der Waals surface area contributed by atoms with Crippen molar-refractivity contribution in [2.45, 2.75) is 20.0 Å². The lowest BCUT2D eigenvalue weighted by Crippen LogP contribution is -2.34. The average molecular weight is 396 g/mol. The van der Waals surface area contributed by atoms with Gasteiger partial charge in [0.15, 0.2) is 6.10 Å². The fourth-order valence-electron chi connectivity index (χ4n) is 2.99. The summed E-state index contributed by atoms with van der Waals surface area (Å²) in [5.74, 6) is -0.213. The van der Waals surface area contributed by atoms with E-state index in [1.165, 1.54) is 23.5 Å².